The Morgan fingerprint density at radius 3 is 1.55 bits per heavy atom. The number of hydrogen-bond acceptors (Lipinski definition) is 6. The summed E-state index contributed by atoms with van der Waals surface area (Å²) in [7, 11) is 5.49. The molecular weight excluding hydrogens is 751 g/mol. The van der Waals surface area contributed by atoms with Crippen LogP contribution in [0.4, 0.5) is 0 Å². The van der Waals surface area contributed by atoms with Crippen LogP contribution in [0.5, 0.6) is 0 Å². The molecule has 0 aliphatic rings. The summed E-state index contributed by atoms with van der Waals surface area (Å²) in [5.41, 5.74) is 0. The van der Waals surface area contributed by atoms with Crippen LogP contribution < -0.4 is 0 Å². The van der Waals surface area contributed by atoms with E-state index in [2.05, 4.69) is 44.2 Å². The summed E-state index contributed by atoms with van der Waals surface area (Å²) in [5, 5.41) is 9.62. The molecule has 8 heteroatoms. The summed E-state index contributed by atoms with van der Waals surface area (Å²) in [5.74, 6) is -1.58. The van der Waals surface area contributed by atoms with Gasteiger partial charge in [0.25, 0.3) is 0 Å². The average Bonchev–Trinajstić information content (AvgIpc) is 3.21. The number of esters is 2. The molecule has 0 saturated heterocycles. The fourth-order valence-corrected chi connectivity index (χ4v) is 6.50. The quantitative estimate of drug-likeness (QED) is 0.0215. The molecule has 0 rings (SSSR count). The lowest BCUT2D eigenvalue weighted by Crippen LogP contribution is -2.50. The first-order valence-electron chi connectivity index (χ1n) is 23.7. The molecule has 0 aromatic carbocycles. The minimum absolute atomic E-state index is 0.0249. The Kier molecular flexibility index (Phi) is 39.8. The zero-order valence-corrected chi connectivity index (χ0v) is 38.9. The Labute approximate surface area is 367 Å². The Morgan fingerprint density at radius 2 is 1.02 bits per heavy atom. The fraction of sp³-hybridized carbons (Fsp3) is 0.673. The highest BCUT2D eigenvalue weighted by Crippen LogP contribution is 2.14. The molecule has 342 valence electrons. The predicted octanol–water partition coefficient (Wildman–Crippen LogP) is 13.3. The van der Waals surface area contributed by atoms with Gasteiger partial charge in [0.15, 0.2) is 12.1 Å². The third-order valence-electron chi connectivity index (χ3n) is 10.2. The van der Waals surface area contributed by atoms with Crippen LogP contribution in [0.15, 0.2) is 85.1 Å². The molecule has 2 atom stereocenters. The van der Waals surface area contributed by atoms with Gasteiger partial charge in [-0.3, -0.25) is 9.59 Å². The van der Waals surface area contributed by atoms with Crippen LogP contribution in [-0.4, -0.2) is 80.6 Å². The van der Waals surface area contributed by atoms with Crippen molar-refractivity contribution in [2.24, 2.45) is 0 Å². The highest BCUT2D eigenvalue weighted by molar-refractivity contribution is 5.72. The van der Waals surface area contributed by atoms with Gasteiger partial charge in [0.05, 0.1) is 34.4 Å². The number of carboxylic acid groups (broad SMARTS) is 1. The first kappa shape index (κ1) is 56.5. The zero-order valence-electron chi connectivity index (χ0n) is 38.9. The van der Waals surface area contributed by atoms with Gasteiger partial charge in [0.1, 0.15) is 6.61 Å². The standard InChI is InChI=1S/C52H87NO7/c1-6-8-10-12-14-16-18-20-21-22-23-24-25-26-27-28-29-31-32-34-36-38-40-42-50(54)59-47-48(46-58-45-44-49(52(56)57)53(3,4)5)60-51(55)43-41-39-37-35-33-30-19-17-15-13-11-9-7-2/h9,11,13,15,17,19,23-24,26-27,30,33,35,37,48-49H,6-8,10,12,14,16,18,20-22,25,28-29,31-32,34,36,38-47H2,1-5H3/p+1/b11-9+,15-13+,19-17+,24-23+,27-26+,33-30+,37-35+. The monoisotopic (exact) mass is 839 g/mol. The Hall–Kier alpha value is -3.49. The van der Waals surface area contributed by atoms with Crippen LogP contribution in [0.1, 0.15) is 174 Å². The van der Waals surface area contributed by atoms with E-state index in [4.69, 9.17) is 14.2 Å². The molecule has 0 spiro atoms. The molecule has 0 aromatic rings. The van der Waals surface area contributed by atoms with Crippen molar-refractivity contribution in [2.45, 2.75) is 187 Å². The van der Waals surface area contributed by atoms with Crippen LogP contribution in [-0.2, 0) is 28.6 Å². The Balaban J connectivity index is 4.33. The third-order valence-corrected chi connectivity index (χ3v) is 10.2. The second-order valence-electron chi connectivity index (χ2n) is 16.7. The average molecular weight is 839 g/mol. The van der Waals surface area contributed by atoms with Gasteiger partial charge < -0.3 is 23.8 Å². The number of nitrogens with zero attached hydrogens (tertiary/aromatic N) is 1. The van der Waals surface area contributed by atoms with Crippen molar-refractivity contribution in [3.8, 4) is 0 Å². The number of unbranched alkanes of at least 4 members (excludes halogenated alkanes) is 17. The molecule has 0 saturated carbocycles. The maximum atomic E-state index is 12.7. The molecule has 0 radical (unpaired) electrons. The summed E-state index contributed by atoms with van der Waals surface area (Å²) >= 11 is 0. The number of ether oxygens (including phenoxy) is 3. The highest BCUT2D eigenvalue weighted by Gasteiger charge is 2.31. The molecule has 0 aliphatic carbocycles. The number of carbonyl (C=O) groups is 3. The van der Waals surface area contributed by atoms with Crippen molar-refractivity contribution in [2.75, 3.05) is 41.0 Å². The third kappa shape index (κ3) is 39.9. The maximum absolute atomic E-state index is 12.7. The topological polar surface area (TPSA) is 99.1 Å². The molecule has 2 unspecified atom stereocenters. The molecule has 0 aliphatic heterocycles. The first-order chi connectivity index (χ1) is 29.1. The van der Waals surface area contributed by atoms with Gasteiger partial charge in [-0.25, -0.2) is 4.79 Å². The highest BCUT2D eigenvalue weighted by atomic mass is 16.6. The minimum atomic E-state index is -0.891. The van der Waals surface area contributed by atoms with E-state index in [1.165, 1.54) is 89.9 Å². The van der Waals surface area contributed by atoms with E-state index >= 15 is 0 Å². The molecule has 0 amide bonds. The lowest BCUT2D eigenvalue weighted by Gasteiger charge is -2.31. The SMILES string of the molecule is CC/C=C/C=C/C=C/C=C/C=C/CCCC(=O)OC(COCCC(C(=O)O)[N+](C)(C)C)COC(=O)CCCCCCCCC/C=C/C/C=C/CCCCCCCCCCC. The van der Waals surface area contributed by atoms with Gasteiger partial charge in [-0.05, 0) is 57.8 Å². The van der Waals surface area contributed by atoms with Crippen molar-refractivity contribution >= 4 is 17.9 Å². The largest absolute Gasteiger partial charge is 0.477 e. The Morgan fingerprint density at radius 1 is 0.533 bits per heavy atom. The molecule has 0 aromatic heterocycles. The summed E-state index contributed by atoms with van der Waals surface area (Å²) in [6, 6.07) is -0.633. The molecule has 0 fully saturated rings. The first-order valence-corrected chi connectivity index (χ1v) is 23.7. The Bertz CT molecular complexity index is 1250. The lowest BCUT2D eigenvalue weighted by molar-refractivity contribution is -0.887. The number of hydrogen-bond donors (Lipinski definition) is 1. The van der Waals surface area contributed by atoms with Crippen molar-refractivity contribution in [1.82, 2.24) is 0 Å². The summed E-state index contributed by atoms with van der Waals surface area (Å²) in [6.07, 6.45) is 55.1. The van der Waals surface area contributed by atoms with Gasteiger partial charge in [-0.1, -0.05) is 182 Å². The summed E-state index contributed by atoms with van der Waals surface area (Å²) in [4.78, 5) is 37.0. The fourth-order valence-electron chi connectivity index (χ4n) is 6.50. The molecule has 1 N–H and O–H groups in total. The van der Waals surface area contributed by atoms with Gasteiger partial charge >= 0.3 is 17.9 Å². The molecular formula is C52H88NO7+. The normalized spacial score (nSPS) is 13.7. The lowest BCUT2D eigenvalue weighted by atomic mass is 10.1. The summed E-state index contributed by atoms with van der Waals surface area (Å²) < 4.78 is 17.2. The summed E-state index contributed by atoms with van der Waals surface area (Å²) in [6.45, 7) is 4.49. The van der Waals surface area contributed by atoms with E-state index in [0.717, 1.165) is 44.9 Å². The number of rotatable bonds is 41. The number of quaternary nitrogens is 1. The molecule has 8 nitrogen and oxygen atoms in total. The number of likely N-dealkylation sites (N-methyl/N-ethyl adjacent to an activating group) is 1. The number of carboxylic acids is 1. The minimum Gasteiger partial charge on any atom is -0.477 e. The second-order valence-corrected chi connectivity index (χ2v) is 16.7. The number of carbonyl (C=O) groups excluding carboxylic acids is 2. The van der Waals surface area contributed by atoms with E-state index in [1.54, 1.807) is 0 Å². The van der Waals surface area contributed by atoms with Gasteiger partial charge in [0, 0.05) is 19.3 Å². The molecule has 0 bridgehead atoms. The second kappa shape index (κ2) is 42.2. The van der Waals surface area contributed by atoms with Gasteiger partial charge in [-0.2, -0.15) is 0 Å². The van der Waals surface area contributed by atoms with Crippen LogP contribution in [0, 0.1) is 0 Å². The number of aliphatic carboxylic acids is 1. The van der Waals surface area contributed by atoms with E-state index in [9.17, 15) is 19.5 Å². The van der Waals surface area contributed by atoms with E-state index in [-0.39, 0.29) is 42.7 Å². The zero-order chi connectivity index (χ0) is 44.2. The van der Waals surface area contributed by atoms with E-state index in [0.29, 0.717) is 19.3 Å². The van der Waals surface area contributed by atoms with Crippen molar-refractivity contribution in [1.29, 1.82) is 0 Å². The smallest absolute Gasteiger partial charge is 0.362 e. The van der Waals surface area contributed by atoms with E-state index in [1.807, 2.05) is 75.8 Å². The van der Waals surface area contributed by atoms with Crippen LogP contribution in [0.2, 0.25) is 0 Å². The number of allylic oxidation sites excluding steroid dienone is 14. The van der Waals surface area contributed by atoms with Crippen LogP contribution in [0.25, 0.3) is 0 Å². The van der Waals surface area contributed by atoms with Gasteiger partial charge in [0.2, 0.25) is 0 Å². The van der Waals surface area contributed by atoms with Crippen LogP contribution >= 0.6 is 0 Å². The maximum Gasteiger partial charge on any atom is 0.362 e. The van der Waals surface area contributed by atoms with Crippen molar-refractivity contribution in [3.05, 3.63) is 85.1 Å². The predicted molar refractivity (Wildman–Crippen MR) is 252 cm³/mol. The molecule has 0 heterocycles. The van der Waals surface area contributed by atoms with Crippen molar-refractivity contribution in [3.63, 3.8) is 0 Å². The molecule has 60 heavy (non-hydrogen) atoms. The van der Waals surface area contributed by atoms with E-state index < -0.39 is 18.1 Å². The van der Waals surface area contributed by atoms with Crippen molar-refractivity contribution < 1.29 is 38.2 Å². The van der Waals surface area contributed by atoms with Gasteiger partial charge in [-0.15, -0.1) is 0 Å². The van der Waals surface area contributed by atoms with Crippen LogP contribution in [0.3, 0.4) is 0 Å².